The van der Waals surface area contributed by atoms with Crippen LogP contribution in [0, 0.1) is 0 Å². The Bertz CT molecular complexity index is 326. The molecule has 3 nitrogen and oxygen atoms in total. The van der Waals surface area contributed by atoms with E-state index in [1.165, 1.54) is 18.4 Å². The molecule has 0 amide bonds. The average Bonchev–Trinajstić information content (AvgIpc) is 2.46. The Balaban J connectivity index is 2.40. The van der Waals surface area contributed by atoms with Crippen molar-refractivity contribution in [3.63, 3.8) is 0 Å². The Kier molecular flexibility index (Phi) is 9.29. The summed E-state index contributed by atoms with van der Waals surface area (Å²) in [6.45, 7) is 3.90. The highest BCUT2D eigenvalue weighted by Crippen LogP contribution is 2.10. The van der Waals surface area contributed by atoms with Crippen LogP contribution in [0.3, 0.4) is 0 Å². The third-order valence-corrected chi connectivity index (χ3v) is 3.69. The van der Waals surface area contributed by atoms with Gasteiger partial charge in [0, 0.05) is 18.6 Å². The molecule has 114 valence electrons. The maximum absolute atomic E-state index is 6.19. The van der Waals surface area contributed by atoms with E-state index in [-0.39, 0.29) is 0 Å². The molecule has 0 aliphatic carbocycles. The highest BCUT2D eigenvalue weighted by atomic mass is 14.9. The molecule has 1 aromatic rings. The van der Waals surface area contributed by atoms with E-state index in [1.807, 2.05) is 0 Å². The highest BCUT2D eigenvalue weighted by Gasteiger charge is 2.12. The van der Waals surface area contributed by atoms with E-state index < -0.39 is 0 Å². The van der Waals surface area contributed by atoms with Gasteiger partial charge in [-0.1, -0.05) is 50.1 Å². The predicted octanol–water partition coefficient (Wildman–Crippen LogP) is 2.79. The van der Waals surface area contributed by atoms with E-state index in [2.05, 4.69) is 42.6 Å². The van der Waals surface area contributed by atoms with Gasteiger partial charge in [-0.05, 0) is 37.8 Å². The second-order valence-corrected chi connectivity index (χ2v) is 5.63. The maximum atomic E-state index is 6.19. The van der Waals surface area contributed by atoms with Gasteiger partial charge in [-0.3, -0.25) is 0 Å². The Labute approximate surface area is 124 Å². The summed E-state index contributed by atoms with van der Waals surface area (Å²) >= 11 is 0. The van der Waals surface area contributed by atoms with Crippen LogP contribution in [-0.2, 0) is 6.54 Å². The molecular weight excluding hydrogens is 246 g/mol. The van der Waals surface area contributed by atoms with Gasteiger partial charge < -0.3 is 16.8 Å². The van der Waals surface area contributed by atoms with Crippen molar-refractivity contribution in [3.8, 4) is 0 Å². The smallest absolute Gasteiger partial charge is 0.0208 e. The van der Waals surface area contributed by atoms with E-state index >= 15 is 0 Å². The number of hydrogen-bond donors (Lipinski definition) is 3. The minimum Gasteiger partial charge on any atom is -0.330 e. The van der Waals surface area contributed by atoms with Crippen molar-refractivity contribution in [2.45, 2.75) is 64.1 Å². The quantitative estimate of drug-likeness (QED) is 0.545. The Morgan fingerprint density at radius 2 is 1.85 bits per heavy atom. The number of hydrogen-bond acceptors (Lipinski definition) is 3. The number of benzene rings is 1. The largest absolute Gasteiger partial charge is 0.330 e. The predicted molar refractivity (Wildman–Crippen MR) is 87.5 cm³/mol. The first-order valence-corrected chi connectivity index (χ1v) is 7.99. The molecule has 0 spiro atoms. The van der Waals surface area contributed by atoms with Crippen molar-refractivity contribution < 1.29 is 0 Å². The summed E-state index contributed by atoms with van der Waals surface area (Å²) in [7, 11) is 0. The van der Waals surface area contributed by atoms with Crippen LogP contribution in [-0.4, -0.2) is 18.6 Å². The molecule has 0 aromatic heterocycles. The molecular formula is C17H31N3. The van der Waals surface area contributed by atoms with Crippen molar-refractivity contribution >= 4 is 0 Å². The molecule has 0 aliphatic heterocycles. The summed E-state index contributed by atoms with van der Waals surface area (Å²) in [5.41, 5.74) is 13.1. The standard InChI is InChI=1S/C17H31N3/c1-2-8-16(19)13-17(11-6-7-12-18)20-14-15-9-4-3-5-10-15/h3-5,9-10,16-17,20H,2,6-8,11-14,18-19H2,1H3. The SMILES string of the molecule is CCCC(N)CC(CCCCN)NCc1ccccc1. The molecule has 0 saturated heterocycles. The number of rotatable bonds is 11. The summed E-state index contributed by atoms with van der Waals surface area (Å²) < 4.78 is 0. The fourth-order valence-corrected chi connectivity index (χ4v) is 2.55. The first-order chi connectivity index (χ1) is 9.76. The van der Waals surface area contributed by atoms with Gasteiger partial charge in [0.25, 0.3) is 0 Å². The van der Waals surface area contributed by atoms with Crippen molar-refractivity contribution in [3.05, 3.63) is 35.9 Å². The second kappa shape index (κ2) is 10.8. The molecule has 0 fully saturated rings. The summed E-state index contributed by atoms with van der Waals surface area (Å²) in [5.74, 6) is 0. The first-order valence-electron chi connectivity index (χ1n) is 7.99. The molecule has 0 bridgehead atoms. The average molecular weight is 277 g/mol. The zero-order chi connectivity index (χ0) is 14.6. The minimum absolute atomic E-state index is 0.311. The van der Waals surface area contributed by atoms with E-state index in [4.69, 9.17) is 11.5 Å². The normalized spacial score (nSPS) is 14.2. The van der Waals surface area contributed by atoms with Crippen molar-refractivity contribution in [2.75, 3.05) is 6.54 Å². The van der Waals surface area contributed by atoms with Crippen molar-refractivity contribution in [1.29, 1.82) is 0 Å². The van der Waals surface area contributed by atoms with E-state index in [9.17, 15) is 0 Å². The zero-order valence-electron chi connectivity index (χ0n) is 12.9. The van der Waals surface area contributed by atoms with Crippen LogP contribution in [0.1, 0.15) is 51.0 Å². The zero-order valence-corrected chi connectivity index (χ0v) is 12.9. The molecule has 5 N–H and O–H groups in total. The number of nitrogens with two attached hydrogens (primary N) is 2. The van der Waals surface area contributed by atoms with Crippen molar-refractivity contribution in [2.24, 2.45) is 11.5 Å². The lowest BCUT2D eigenvalue weighted by atomic mass is 9.99. The molecule has 1 rings (SSSR count). The molecule has 20 heavy (non-hydrogen) atoms. The summed E-state index contributed by atoms with van der Waals surface area (Å²) in [6.07, 6.45) is 6.79. The Hall–Kier alpha value is -0.900. The monoisotopic (exact) mass is 277 g/mol. The third-order valence-electron chi connectivity index (χ3n) is 3.69. The van der Waals surface area contributed by atoms with Crippen LogP contribution in [0.4, 0.5) is 0 Å². The fraction of sp³-hybridized carbons (Fsp3) is 0.647. The van der Waals surface area contributed by atoms with Gasteiger partial charge >= 0.3 is 0 Å². The Morgan fingerprint density at radius 1 is 1.10 bits per heavy atom. The number of unbranched alkanes of at least 4 members (excludes halogenated alkanes) is 1. The lowest BCUT2D eigenvalue weighted by molar-refractivity contribution is 0.392. The molecule has 0 aliphatic rings. The van der Waals surface area contributed by atoms with E-state index in [0.29, 0.717) is 12.1 Å². The third kappa shape index (κ3) is 7.63. The Morgan fingerprint density at radius 3 is 2.50 bits per heavy atom. The minimum atomic E-state index is 0.311. The van der Waals surface area contributed by atoms with E-state index in [1.54, 1.807) is 0 Å². The number of nitrogens with one attached hydrogen (secondary N) is 1. The molecule has 0 radical (unpaired) electrons. The van der Waals surface area contributed by atoms with Crippen LogP contribution in [0.25, 0.3) is 0 Å². The summed E-state index contributed by atoms with van der Waals surface area (Å²) in [6, 6.07) is 11.4. The fourth-order valence-electron chi connectivity index (χ4n) is 2.55. The molecule has 1 aromatic carbocycles. The van der Waals surface area contributed by atoms with Gasteiger partial charge in [0.1, 0.15) is 0 Å². The molecule has 0 heterocycles. The second-order valence-electron chi connectivity index (χ2n) is 5.63. The van der Waals surface area contributed by atoms with E-state index in [0.717, 1.165) is 38.8 Å². The van der Waals surface area contributed by atoms with Gasteiger partial charge in [-0.25, -0.2) is 0 Å². The summed E-state index contributed by atoms with van der Waals surface area (Å²) in [5, 5.41) is 3.66. The molecule has 2 atom stereocenters. The highest BCUT2D eigenvalue weighted by molar-refractivity contribution is 5.14. The van der Waals surface area contributed by atoms with Crippen LogP contribution in [0.2, 0.25) is 0 Å². The summed E-state index contributed by atoms with van der Waals surface area (Å²) in [4.78, 5) is 0. The van der Waals surface area contributed by atoms with Gasteiger partial charge in [0.2, 0.25) is 0 Å². The molecule has 2 unspecified atom stereocenters. The van der Waals surface area contributed by atoms with Gasteiger partial charge in [0.05, 0.1) is 0 Å². The van der Waals surface area contributed by atoms with Gasteiger partial charge in [0.15, 0.2) is 0 Å². The maximum Gasteiger partial charge on any atom is 0.0208 e. The lowest BCUT2D eigenvalue weighted by Crippen LogP contribution is -2.35. The molecule has 3 heteroatoms. The van der Waals surface area contributed by atoms with Crippen molar-refractivity contribution in [1.82, 2.24) is 5.32 Å². The van der Waals surface area contributed by atoms with Crippen LogP contribution in [0.15, 0.2) is 30.3 Å². The first kappa shape index (κ1) is 17.2. The van der Waals surface area contributed by atoms with Crippen LogP contribution in [0.5, 0.6) is 0 Å². The lowest BCUT2D eigenvalue weighted by Gasteiger charge is -2.22. The van der Waals surface area contributed by atoms with Crippen LogP contribution < -0.4 is 16.8 Å². The van der Waals surface area contributed by atoms with Gasteiger partial charge in [-0.15, -0.1) is 0 Å². The van der Waals surface area contributed by atoms with Crippen LogP contribution >= 0.6 is 0 Å². The topological polar surface area (TPSA) is 64.1 Å². The molecule has 0 saturated carbocycles. The van der Waals surface area contributed by atoms with Gasteiger partial charge in [-0.2, -0.15) is 0 Å².